The zero-order chi connectivity index (χ0) is 52.8. The van der Waals surface area contributed by atoms with E-state index >= 15 is 0 Å². The summed E-state index contributed by atoms with van der Waals surface area (Å²) in [6.45, 7) is 4.17. The molecule has 6 aromatic carbocycles. The van der Waals surface area contributed by atoms with Crippen molar-refractivity contribution >= 4 is 255 Å². The molecule has 0 aliphatic carbocycles. The lowest BCUT2D eigenvalue weighted by Crippen LogP contribution is -2.19. The Bertz CT molecular complexity index is 3000. The summed E-state index contributed by atoms with van der Waals surface area (Å²) >= 11 is 57.5. The molecule has 2 aromatic heterocycles. The summed E-state index contributed by atoms with van der Waals surface area (Å²) in [6.07, 6.45) is 0. The average Bonchev–Trinajstić information content (AvgIpc) is 3.28. The lowest BCUT2D eigenvalue weighted by Gasteiger charge is -2.28. The molecule has 0 fully saturated rings. The Kier molecular flexibility index (Phi) is 20.3. The summed E-state index contributed by atoms with van der Waals surface area (Å²) in [5, 5.41) is 0. The molecule has 0 unspecified atom stereocenters. The van der Waals surface area contributed by atoms with Crippen molar-refractivity contribution in [3.05, 3.63) is 155 Å². The molecule has 8 aromatic rings. The molecule has 0 saturated carbocycles. The van der Waals surface area contributed by atoms with E-state index in [0.717, 1.165) is 29.0 Å². The maximum atomic E-state index is 6.40. The van der Waals surface area contributed by atoms with Gasteiger partial charge in [0.05, 0.1) is 53.7 Å². The van der Waals surface area contributed by atoms with Crippen LogP contribution in [0.2, 0.25) is 0 Å². The molecule has 2 heterocycles. The second-order valence-corrected chi connectivity index (χ2v) is 28.9. The van der Waals surface area contributed by atoms with Gasteiger partial charge < -0.3 is 28.4 Å². The molecule has 0 spiro atoms. The number of halogens is 16. The van der Waals surface area contributed by atoms with E-state index in [9.17, 15) is 0 Å². The van der Waals surface area contributed by atoms with Crippen LogP contribution in [0.1, 0.15) is 25.0 Å². The van der Waals surface area contributed by atoms with Crippen molar-refractivity contribution in [3.8, 4) is 70.6 Å². The normalized spacial score (nSPS) is 11.4. The summed E-state index contributed by atoms with van der Waals surface area (Å²) in [7, 11) is 0. The zero-order valence-electron chi connectivity index (χ0n) is 35.6. The van der Waals surface area contributed by atoms with E-state index in [1.807, 2.05) is 72.8 Å². The lowest BCUT2D eigenvalue weighted by molar-refractivity contribution is 0.357. The van der Waals surface area contributed by atoms with Crippen LogP contribution < -0.4 is 28.4 Å². The van der Waals surface area contributed by atoms with Crippen LogP contribution in [0, 0.1) is 0 Å². The maximum Gasteiger partial charge on any atom is 0.331 e. The van der Waals surface area contributed by atoms with Gasteiger partial charge in [-0.3, -0.25) is 0 Å². The second-order valence-electron chi connectivity index (χ2n) is 14.9. The summed E-state index contributed by atoms with van der Waals surface area (Å²) in [4.78, 5) is 27.0. The van der Waals surface area contributed by atoms with Crippen molar-refractivity contribution < 1.29 is 28.4 Å². The van der Waals surface area contributed by atoms with Crippen LogP contribution in [0.25, 0.3) is 0 Å². The molecular weight excluding hydrogens is 2000 g/mol. The molecule has 73 heavy (non-hydrogen) atoms. The van der Waals surface area contributed by atoms with Crippen molar-refractivity contribution in [3.63, 3.8) is 0 Å². The monoisotopic (exact) mass is 2000 g/mol. The third kappa shape index (κ3) is 14.4. The average molecular weight is 2020 g/mol. The van der Waals surface area contributed by atoms with E-state index < -0.39 is 5.41 Å². The molecule has 0 saturated heterocycles. The highest BCUT2D eigenvalue weighted by atomic mass is 79.9. The summed E-state index contributed by atoms with van der Waals surface area (Å²) in [5.74, 6) is 2.38. The zero-order valence-corrected chi connectivity index (χ0v) is 61.0. The quantitative estimate of drug-likeness (QED) is 0.103. The smallest absolute Gasteiger partial charge is 0.331 e. The third-order valence-corrected chi connectivity index (χ3v) is 18.5. The number of nitrogens with zero attached hydrogens (tertiary/aromatic N) is 6. The summed E-state index contributed by atoms with van der Waals surface area (Å²) in [6, 6.07) is 21.7. The number of benzene rings is 6. The summed E-state index contributed by atoms with van der Waals surface area (Å²) in [5.41, 5.74) is 1.19. The lowest BCUT2D eigenvalue weighted by atomic mass is 9.78. The van der Waals surface area contributed by atoms with E-state index in [-0.39, 0.29) is 36.1 Å². The van der Waals surface area contributed by atoms with Gasteiger partial charge in [-0.25, -0.2) is 0 Å². The first kappa shape index (κ1) is 59.0. The molecular formula is C45H18Br16N6O6. The van der Waals surface area contributed by atoms with E-state index in [1.54, 1.807) is 0 Å². The minimum Gasteiger partial charge on any atom is -0.422 e. The van der Waals surface area contributed by atoms with Gasteiger partial charge in [0.1, 0.15) is 0 Å². The SMILES string of the molecule is CC(C)(c1cc(Br)c(Oc2nc(Oc3c(Br)cc(Br)cc3Br)nc(Oc3c(Br)cc(Br)cc3Br)n2)c(Br)c1)c1cc(Br)c(Oc2nc(Oc3c(Br)cc(Br)cc3Br)nc(Oc3c(Br)cc(Br)cc3Br)n2)c(Br)c1. The maximum absolute atomic E-state index is 6.40. The van der Waals surface area contributed by atoms with Gasteiger partial charge in [0.2, 0.25) is 0 Å². The third-order valence-electron chi connectivity index (χ3n) is 9.60. The molecule has 0 N–H and O–H groups in total. The number of ether oxygens (including phenoxy) is 6. The first-order valence-electron chi connectivity index (χ1n) is 19.6. The van der Waals surface area contributed by atoms with Crippen LogP contribution >= 0.6 is 255 Å². The van der Waals surface area contributed by atoms with Gasteiger partial charge in [-0.1, -0.05) is 77.6 Å². The van der Waals surface area contributed by atoms with Gasteiger partial charge in [-0.05, 0) is 275 Å². The van der Waals surface area contributed by atoms with Crippen LogP contribution in [0.4, 0.5) is 0 Å². The molecule has 376 valence electrons. The summed E-state index contributed by atoms with van der Waals surface area (Å²) < 4.78 is 48.2. The topological polar surface area (TPSA) is 133 Å². The fourth-order valence-electron chi connectivity index (χ4n) is 6.17. The molecule has 12 nitrogen and oxygen atoms in total. The van der Waals surface area contributed by atoms with Gasteiger partial charge in [0, 0.05) is 23.3 Å². The Hall–Kier alpha value is -0.180. The standard InChI is InChI=1S/C45H18Br16N6O6/c1-45(2,15-3-21(50)33(22(51)4-15)68-39-62-41(70-35-25(54)7-17(46)8-26(35)55)66-42(63-39)71-36-27(56)9-18(47)10-28(36)57)16-5-23(52)34(24(53)6-16)69-40-64-43(72-37-29(58)11-19(48)12-30(37)59)67-44(65-40)73-38-31(60)13-20(49)14-32(38)61/h3-14H,1-2H3. The second kappa shape index (κ2) is 25.1. The Morgan fingerprint density at radius 1 is 0.247 bits per heavy atom. The van der Waals surface area contributed by atoms with Crippen LogP contribution in [0.3, 0.4) is 0 Å². The number of rotatable bonds is 14. The van der Waals surface area contributed by atoms with Crippen LogP contribution in [0.5, 0.6) is 70.6 Å². The van der Waals surface area contributed by atoms with Gasteiger partial charge in [-0.2, -0.15) is 0 Å². The van der Waals surface area contributed by atoms with Gasteiger partial charge >= 0.3 is 36.1 Å². The highest BCUT2D eigenvalue weighted by molar-refractivity contribution is 9.13. The van der Waals surface area contributed by atoms with Crippen LogP contribution in [-0.4, -0.2) is 29.9 Å². The molecule has 0 aliphatic heterocycles. The number of hydrogen-bond acceptors (Lipinski definition) is 12. The molecule has 28 heteroatoms. The Balaban J connectivity index is 1.10. The highest BCUT2D eigenvalue weighted by Gasteiger charge is 2.29. The molecule has 0 radical (unpaired) electrons. The Labute approximate surface area is 550 Å². The van der Waals surface area contributed by atoms with Crippen LogP contribution in [-0.2, 0) is 5.41 Å². The molecule has 0 aliphatic rings. The fourth-order valence-corrected chi connectivity index (χ4v) is 18.6. The van der Waals surface area contributed by atoms with Crippen molar-refractivity contribution in [2.24, 2.45) is 0 Å². The molecule has 0 atom stereocenters. The number of hydrogen-bond donors (Lipinski definition) is 0. The Morgan fingerprint density at radius 2 is 0.384 bits per heavy atom. The first-order valence-corrected chi connectivity index (χ1v) is 32.3. The van der Waals surface area contributed by atoms with Gasteiger partial charge in [0.15, 0.2) is 34.5 Å². The van der Waals surface area contributed by atoms with E-state index in [4.69, 9.17) is 28.4 Å². The minimum absolute atomic E-state index is 0.107. The van der Waals surface area contributed by atoms with E-state index in [2.05, 4.69) is 299 Å². The van der Waals surface area contributed by atoms with Crippen molar-refractivity contribution in [1.29, 1.82) is 0 Å². The fraction of sp³-hybridized carbons (Fsp3) is 0.0667. The molecule has 0 bridgehead atoms. The van der Waals surface area contributed by atoms with Crippen LogP contribution in [0.15, 0.2) is 144 Å². The first-order chi connectivity index (χ1) is 34.4. The van der Waals surface area contributed by atoms with Crippen molar-refractivity contribution in [2.75, 3.05) is 0 Å². The van der Waals surface area contributed by atoms with Gasteiger partial charge in [0.25, 0.3) is 0 Å². The Morgan fingerprint density at radius 3 is 0.534 bits per heavy atom. The molecule has 8 rings (SSSR count). The van der Waals surface area contributed by atoms with E-state index in [1.165, 1.54) is 0 Å². The van der Waals surface area contributed by atoms with E-state index in [0.29, 0.717) is 88.2 Å². The minimum atomic E-state index is -0.620. The highest BCUT2D eigenvalue weighted by Crippen LogP contribution is 2.48. The van der Waals surface area contributed by atoms with Gasteiger partial charge in [-0.15, -0.1) is 29.9 Å². The predicted octanol–water partition coefficient (Wildman–Crippen LogP) is 23.3. The largest absolute Gasteiger partial charge is 0.422 e. The van der Waals surface area contributed by atoms with Crippen molar-refractivity contribution in [1.82, 2.24) is 29.9 Å². The number of aromatic nitrogens is 6. The van der Waals surface area contributed by atoms with Crippen molar-refractivity contribution in [2.45, 2.75) is 19.3 Å². The predicted molar refractivity (Wildman–Crippen MR) is 334 cm³/mol. The molecule has 0 amide bonds.